The van der Waals surface area contributed by atoms with Gasteiger partial charge in [0.1, 0.15) is 6.61 Å². The Morgan fingerprint density at radius 1 is 1.13 bits per heavy atom. The minimum absolute atomic E-state index is 0.0917. The number of rotatable bonds is 7. The maximum atomic E-state index is 11.9. The van der Waals surface area contributed by atoms with Crippen molar-refractivity contribution >= 4 is 17.9 Å². The van der Waals surface area contributed by atoms with Crippen LogP contribution in [0, 0.1) is 13.8 Å². The molecule has 6 nitrogen and oxygen atoms in total. The molecule has 0 bridgehead atoms. The van der Waals surface area contributed by atoms with Crippen molar-refractivity contribution < 1.29 is 19.1 Å². The smallest absolute Gasteiger partial charge is 0.411 e. The van der Waals surface area contributed by atoms with Gasteiger partial charge in [-0.25, -0.2) is 9.59 Å². The Balaban J connectivity index is 2.44. The van der Waals surface area contributed by atoms with Crippen LogP contribution in [0.5, 0.6) is 0 Å². The van der Waals surface area contributed by atoms with Crippen LogP contribution in [0.25, 0.3) is 0 Å². The Morgan fingerprint density at radius 2 is 1.87 bits per heavy atom. The summed E-state index contributed by atoms with van der Waals surface area (Å²) in [6.07, 6.45) is 0.370. The zero-order valence-corrected chi connectivity index (χ0v) is 14.3. The molecule has 0 aliphatic rings. The quantitative estimate of drug-likeness (QED) is 0.801. The lowest BCUT2D eigenvalue weighted by atomic mass is 10.1. The van der Waals surface area contributed by atoms with E-state index in [2.05, 4.69) is 10.6 Å². The molecule has 0 radical (unpaired) electrons. The van der Waals surface area contributed by atoms with Crippen LogP contribution in [0.4, 0.5) is 15.3 Å². The Bertz CT molecular complexity index is 531. The molecular weight excluding hydrogens is 296 g/mol. The molecule has 0 saturated carbocycles. The van der Waals surface area contributed by atoms with E-state index in [4.69, 9.17) is 9.47 Å². The molecular formula is C17H26N2O4. The summed E-state index contributed by atoms with van der Waals surface area (Å²) in [7, 11) is 0. The SMILES string of the molecule is CCCOC(=O)N[C@H](CC)COC(=O)Nc1cc(C)ccc1C. The molecule has 6 heteroatoms. The second kappa shape index (κ2) is 9.71. The molecule has 0 unspecified atom stereocenters. The van der Waals surface area contributed by atoms with Gasteiger partial charge < -0.3 is 14.8 Å². The van der Waals surface area contributed by atoms with Gasteiger partial charge in [-0.15, -0.1) is 0 Å². The number of alkyl carbamates (subject to hydrolysis) is 1. The van der Waals surface area contributed by atoms with Crippen LogP contribution < -0.4 is 10.6 Å². The zero-order chi connectivity index (χ0) is 17.2. The Hall–Kier alpha value is -2.24. The molecule has 0 aliphatic carbocycles. The van der Waals surface area contributed by atoms with Crippen LogP contribution in [0.3, 0.4) is 0 Å². The first-order valence-corrected chi connectivity index (χ1v) is 7.90. The van der Waals surface area contributed by atoms with E-state index in [9.17, 15) is 9.59 Å². The third kappa shape index (κ3) is 7.04. The molecule has 0 spiro atoms. The molecule has 1 aromatic carbocycles. The van der Waals surface area contributed by atoms with Crippen molar-refractivity contribution in [2.24, 2.45) is 0 Å². The van der Waals surface area contributed by atoms with Crippen LogP contribution in [0.15, 0.2) is 18.2 Å². The summed E-state index contributed by atoms with van der Waals surface area (Å²) in [6.45, 7) is 8.15. The largest absolute Gasteiger partial charge is 0.450 e. The van der Waals surface area contributed by atoms with Crippen molar-refractivity contribution in [3.63, 3.8) is 0 Å². The zero-order valence-electron chi connectivity index (χ0n) is 14.3. The van der Waals surface area contributed by atoms with Crippen molar-refractivity contribution in [1.82, 2.24) is 5.32 Å². The molecule has 128 valence electrons. The molecule has 0 saturated heterocycles. The van der Waals surface area contributed by atoms with Crippen molar-refractivity contribution in [2.75, 3.05) is 18.5 Å². The van der Waals surface area contributed by atoms with Gasteiger partial charge in [-0.1, -0.05) is 26.0 Å². The topological polar surface area (TPSA) is 76.7 Å². The average molecular weight is 322 g/mol. The monoisotopic (exact) mass is 322 g/mol. The number of aryl methyl sites for hydroxylation is 2. The van der Waals surface area contributed by atoms with Crippen molar-refractivity contribution in [3.05, 3.63) is 29.3 Å². The highest BCUT2D eigenvalue weighted by atomic mass is 16.6. The number of carbonyl (C=O) groups is 2. The number of amides is 2. The van der Waals surface area contributed by atoms with Gasteiger partial charge in [-0.2, -0.15) is 0 Å². The van der Waals surface area contributed by atoms with E-state index in [1.54, 1.807) is 0 Å². The predicted octanol–water partition coefficient (Wildman–Crippen LogP) is 3.77. The molecule has 0 aromatic heterocycles. The molecule has 2 amide bonds. The highest BCUT2D eigenvalue weighted by Crippen LogP contribution is 2.16. The summed E-state index contributed by atoms with van der Waals surface area (Å²) in [6, 6.07) is 5.52. The third-order valence-electron chi connectivity index (χ3n) is 3.30. The summed E-state index contributed by atoms with van der Waals surface area (Å²) in [5, 5.41) is 5.39. The fourth-order valence-electron chi connectivity index (χ4n) is 1.86. The first-order chi connectivity index (χ1) is 11.0. The second-order valence-corrected chi connectivity index (χ2v) is 5.43. The second-order valence-electron chi connectivity index (χ2n) is 5.43. The Kier molecular flexibility index (Phi) is 7.94. The molecule has 1 rings (SSSR count). The number of hydrogen-bond donors (Lipinski definition) is 2. The van der Waals surface area contributed by atoms with Crippen LogP contribution in [0.2, 0.25) is 0 Å². The maximum absolute atomic E-state index is 11.9. The Labute approximate surface area is 137 Å². The summed E-state index contributed by atoms with van der Waals surface area (Å²) >= 11 is 0. The van der Waals surface area contributed by atoms with E-state index in [0.717, 1.165) is 23.2 Å². The van der Waals surface area contributed by atoms with E-state index in [-0.39, 0.29) is 12.6 Å². The van der Waals surface area contributed by atoms with Crippen LogP contribution >= 0.6 is 0 Å². The maximum Gasteiger partial charge on any atom is 0.411 e. The fraction of sp³-hybridized carbons (Fsp3) is 0.529. The molecule has 2 N–H and O–H groups in total. The summed E-state index contributed by atoms with van der Waals surface area (Å²) < 4.78 is 10.1. The number of anilines is 1. The van der Waals surface area contributed by atoms with Gasteiger partial charge in [-0.05, 0) is 43.9 Å². The highest BCUT2D eigenvalue weighted by molar-refractivity contribution is 5.85. The summed E-state index contributed by atoms with van der Waals surface area (Å²) in [5.74, 6) is 0. The van der Waals surface area contributed by atoms with Gasteiger partial charge in [0.2, 0.25) is 0 Å². The predicted molar refractivity (Wildman–Crippen MR) is 89.7 cm³/mol. The van der Waals surface area contributed by atoms with E-state index < -0.39 is 12.2 Å². The van der Waals surface area contributed by atoms with Gasteiger partial charge in [0.15, 0.2) is 0 Å². The minimum Gasteiger partial charge on any atom is -0.450 e. The number of carbonyl (C=O) groups excluding carboxylic acids is 2. The van der Waals surface area contributed by atoms with Crippen LogP contribution in [-0.4, -0.2) is 31.4 Å². The van der Waals surface area contributed by atoms with Crippen molar-refractivity contribution in [3.8, 4) is 0 Å². The van der Waals surface area contributed by atoms with Gasteiger partial charge in [0.05, 0.1) is 12.6 Å². The lowest BCUT2D eigenvalue weighted by Gasteiger charge is -2.17. The lowest BCUT2D eigenvalue weighted by molar-refractivity contribution is 0.124. The molecule has 0 heterocycles. The number of hydrogen-bond acceptors (Lipinski definition) is 4. The van der Waals surface area contributed by atoms with E-state index in [1.807, 2.05) is 45.9 Å². The van der Waals surface area contributed by atoms with Gasteiger partial charge in [0, 0.05) is 5.69 Å². The minimum atomic E-state index is -0.541. The van der Waals surface area contributed by atoms with Crippen molar-refractivity contribution in [1.29, 1.82) is 0 Å². The number of benzene rings is 1. The first-order valence-electron chi connectivity index (χ1n) is 7.90. The van der Waals surface area contributed by atoms with E-state index in [0.29, 0.717) is 13.0 Å². The average Bonchev–Trinajstić information content (AvgIpc) is 2.52. The van der Waals surface area contributed by atoms with E-state index >= 15 is 0 Å². The summed E-state index contributed by atoms with van der Waals surface area (Å²) in [5.41, 5.74) is 2.73. The molecule has 0 aliphatic heterocycles. The highest BCUT2D eigenvalue weighted by Gasteiger charge is 2.14. The van der Waals surface area contributed by atoms with Crippen LogP contribution in [0.1, 0.15) is 37.8 Å². The van der Waals surface area contributed by atoms with E-state index in [1.165, 1.54) is 0 Å². The van der Waals surface area contributed by atoms with Gasteiger partial charge in [0.25, 0.3) is 0 Å². The lowest BCUT2D eigenvalue weighted by Crippen LogP contribution is -2.39. The third-order valence-corrected chi connectivity index (χ3v) is 3.30. The normalized spacial score (nSPS) is 11.5. The summed E-state index contributed by atoms with van der Waals surface area (Å²) in [4.78, 5) is 23.4. The molecule has 0 fully saturated rings. The van der Waals surface area contributed by atoms with Gasteiger partial charge >= 0.3 is 12.2 Å². The first kappa shape index (κ1) is 18.8. The number of ether oxygens (including phenoxy) is 2. The van der Waals surface area contributed by atoms with Crippen molar-refractivity contribution in [2.45, 2.75) is 46.6 Å². The fourth-order valence-corrected chi connectivity index (χ4v) is 1.86. The molecule has 1 aromatic rings. The molecule has 1 atom stereocenters. The standard InChI is InChI=1S/C17H26N2O4/c1-5-9-22-16(20)18-14(6-2)11-23-17(21)19-15-10-12(3)7-8-13(15)4/h7-8,10,14H,5-6,9,11H2,1-4H3,(H,18,20)(H,19,21)/t14-/m1/s1. The number of nitrogens with one attached hydrogen (secondary N) is 2. The Morgan fingerprint density at radius 3 is 2.52 bits per heavy atom. The van der Waals surface area contributed by atoms with Gasteiger partial charge in [-0.3, -0.25) is 5.32 Å². The molecule has 23 heavy (non-hydrogen) atoms. The van der Waals surface area contributed by atoms with Crippen LogP contribution in [-0.2, 0) is 9.47 Å².